The van der Waals surface area contributed by atoms with Gasteiger partial charge in [-0.1, -0.05) is 36.7 Å². The first-order valence-electron chi connectivity index (χ1n) is 8.61. The fraction of sp³-hybridized carbons (Fsp3) is 0.350. The Labute approximate surface area is 169 Å². The van der Waals surface area contributed by atoms with Gasteiger partial charge >= 0.3 is 0 Å². The number of carbonyl (C=O) groups excluding carboxylic acids is 1. The van der Waals surface area contributed by atoms with Gasteiger partial charge in [0, 0.05) is 16.8 Å². The van der Waals surface area contributed by atoms with Gasteiger partial charge in [0.15, 0.2) is 0 Å². The predicted octanol–water partition coefficient (Wildman–Crippen LogP) is 5.00. The van der Waals surface area contributed by atoms with Crippen LogP contribution in [0.4, 0.5) is 5.69 Å². The number of benzene rings is 1. The van der Waals surface area contributed by atoms with Gasteiger partial charge < -0.3 is 10.1 Å². The number of thioether (sulfide) groups is 1. The summed E-state index contributed by atoms with van der Waals surface area (Å²) in [5.41, 5.74) is 2.79. The van der Waals surface area contributed by atoms with E-state index in [1.165, 1.54) is 18.9 Å². The lowest BCUT2D eigenvalue weighted by molar-refractivity contribution is -0.115. The third kappa shape index (κ3) is 5.38. The number of nitrogens with zero attached hydrogens (tertiary/aromatic N) is 2. The van der Waals surface area contributed by atoms with Crippen LogP contribution in [0.2, 0.25) is 5.02 Å². The second-order valence-electron chi connectivity index (χ2n) is 6.07. The number of hydrogen-bond donors (Lipinski definition) is 1. The van der Waals surface area contributed by atoms with Crippen molar-refractivity contribution >= 4 is 35.0 Å². The summed E-state index contributed by atoms with van der Waals surface area (Å²) in [6.45, 7) is 5.72. The summed E-state index contributed by atoms with van der Waals surface area (Å²) in [6, 6.07) is 9.21. The monoisotopic (exact) mass is 403 g/mol. The van der Waals surface area contributed by atoms with Gasteiger partial charge in [0.2, 0.25) is 5.91 Å². The Morgan fingerprint density at radius 2 is 2.19 bits per heavy atom. The number of hydrogen-bond acceptors (Lipinski definition) is 5. The number of carbonyl (C=O) groups is 1. The van der Waals surface area contributed by atoms with Crippen LogP contribution in [0.1, 0.15) is 37.1 Å². The molecule has 5 nitrogen and oxygen atoms in total. The molecule has 0 bridgehead atoms. The van der Waals surface area contributed by atoms with Crippen LogP contribution in [0.5, 0.6) is 5.75 Å². The van der Waals surface area contributed by atoms with Crippen LogP contribution in [-0.2, 0) is 11.2 Å². The predicted molar refractivity (Wildman–Crippen MR) is 110 cm³/mol. The van der Waals surface area contributed by atoms with E-state index >= 15 is 0 Å². The zero-order valence-electron chi connectivity index (χ0n) is 15.8. The van der Waals surface area contributed by atoms with Crippen LogP contribution in [0.25, 0.3) is 0 Å². The molecule has 1 unspecified atom stereocenters. The second-order valence-corrected chi connectivity index (χ2v) is 7.80. The molecular weight excluding hydrogens is 382 g/mol. The first-order chi connectivity index (χ1) is 12.9. The van der Waals surface area contributed by atoms with Crippen LogP contribution >= 0.6 is 23.4 Å². The number of anilines is 1. The van der Waals surface area contributed by atoms with Gasteiger partial charge in [-0.3, -0.25) is 4.79 Å². The van der Waals surface area contributed by atoms with Crippen molar-refractivity contribution in [3.05, 3.63) is 46.1 Å². The summed E-state index contributed by atoms with van der Waals surface area (Å²) in [5.74, 6) is 0.295. The zero-order chi connectivity index (χ0) is 20.0. The Kier molecular flexibility index (Phi) is 7.52. The summed E-state index contributed by atoms with van der Waals surface area (Å²) < 4.78 is 5.30. The topological polar surface area (TPSA) is 75.0 Å². The van der Waals surface area contributed by atoms with E-state index in [4.69, 9.17) is 16.3 Å². The van der Waals surface area contributed by atoms with E-state index in [0.29, 0.717) is 27.0 Å². The number of pyridine rings is 1. The van der Waals surface area contributed by atoms with Gasteiger partial charge in [0.25, 0.3) is 0 Å². The number of nitrogens with one attached hydrogen (secondary N) is 1. The van der Waals surface area contributed by atoms with Crippen LogP contribution in [0, 0.1) is 18.3 Å². The maximum atomic E-state index is 12.7. The normalized spacial score (nSPS) is 11.6. The van der Waals surface area contributed by atoms with Crippen molar-refractivity contribution < 1.29 is 9.53 Å². The molecular formula is C20H22ClN3O2S. The zero-order valence-corrected chi connectivity index (χ0v) is 17.4. The van der Waals surface area contributed by atoms with Crippen molar-refractivity contribution in [3.63, 3.8) is 0 Å². The summed E-state index contributed by atoms with van der Waals surface area (Å²) in [7, 11) is 1.52. The van der Waals surface area contributed by atoms with Crippen LogP contribution in [0.15, 0.2) is 29.3 Å². The van der Waals surface area contributed by atoms with Gasteiger partial charge in [0.05, 0.1) is 23.6 Å². The van der Waals surface area contributed by atoms with E-state index in [-0.39, 0.29) is 5.91 Å². The molecule has 0 saturated heterocycles. The molecule has 1 atom stereocenters. The van der Waals surface area contributed by atoms with Crippen molar-refractivity contribution in [2.75, 3.05) is 12.4 Å². The molecule has 27 heavy (non-hydrogen) atoms. The van der Waals surface area contributed by atoms with Gasteiger partial charge in [-0.15, -0.1) is 0 Å². The number of rotatable bonds is 7. The number of amides is 1. The molecule has 0 spiro atoms. The van der Waals surface area contributed by atoms with Crippen molar-refractivity contribution in [1.29, 1.82) is 5.26 Å². The summed E-state index contributed by atoms with van der Waals surface area (Å²) in [4.78, 5) is 17.2. The Morgan fingerprint density at radius 1 is 1.44 bits per heavy atom. The third-order valence-electron chi connectivity index (χ3n) is 3.94. The van der Waals surface area contributed by atoms with Crippen LogP contribution < -0.4 is 10.1 Å². The maximum absolute atomic E-state index is 12.7. The van der Waals surface area contributed by atoms with E-state index in [2.05, 4.69) is 23.3 Å². The van der Waals surface area contributed by atoms with Crippen molar-refractivity contribution in [1.82, 2.24) is 4.98 Å². The van der Waals surface area contributed by atoms with E-state index < -0.39 is 5.25 Å². The average Bonchev–Trinajstić information content (AvgIpc) is 2.65. The molecule has 0 aliphatic rings. The largest absolute Gasteiger partial charge is 0.495 e. The molecule has 7 heteroatoms. The second kappa shape index (κ2) is 9.63. The molecule has 1 aromatic heterocycles. The smallest absolute Gasteiger partial charge is 0.237 e. The molecule has 0 aliphatic carbocycles. The highest BCUT2D eigenvalue weighted by Crippen LogP contribution is 2.32. The molecule has 0 saturated carbocycles. The number of ether oxygens (including phenoxy) is 1. The van der Waals surface area contributed by atoms with Gasteiger partial charge in [-0.25, -0.2) is 4.98 Å². The lowest BCUT2D eigenvalue weighted by atomic mass is 10.2. The summed E-state index contributed by atoms with van der Waals surface area (Å²) in [6.07, 6.45) is 1.80. The van der Waals surface area contributed by atoms with Gasteiger partial charge in [0.1, 0.15) is 16.8 Å². The molecule has 0 aliphatic heterocycles. The third-order valence-corrected chi connectivity index (χ3v) is 5.45. The quantitative estimate of drug-likeness (QED) is 0.658. The minimum Gasteiger partial charge on any atom is -0.495 e. The molecule has 1 amide bonds. The first kappa shape index (κ1) is 21.1. The van der Waals surface area contributed by atoms with Crippen molar-refractivity contribution in [2.24, 2.45) is 0 Å². The molecule has 1 aromatic carbocycles. The highest BCUT2D eigenvalue weighted by molar-refractivity contribution is 8.00. The Bertz CT molecular complexity index is 880. The highest BCUT2D eigenvalue weighted by Gasteiger charge is 2.19. The van der Waals surface area contributed by atoms with Crippen LogP contribution in [0.3, 0.4) is 0 Å². The number of methoxy groups -OCH3 is 1. The van der Waals surface area contributed by atoms with Gasteiger partial charge in [-0.05, 0) is 44.0 Å². The minimum atomic E-state index is -0.442. The lowest BCUT2D eigenvalue weighted by Crippen LogP contribution is -2.23. The lowest BCUT2D eigenvalue weighted by Gasteiger charge is -2.16. The summed E-state index contributed by atoms with van der Waals surface area (Å²) in [5, 5.41) is 12.9. The fourth-order valence-corrected chi connectivity index (χ4v) is 3.50. The number of aryl methyl sites for hydroxylation is 2. The molecule has 0 fully saturated rings. The van der Waals surface area contributed by atoms with Crippen molar-refractivity contribution in [2.45, 2.75) is 43.9 Å². The van der Waals surface area contributed by atoms with E-state index in [1.54, 1.807) is 25.1 Å². The number of aromatic nitrogens is 1. The Morgan fingerprint density at radius 3 is 2.81 bits per heavy atom. The summed E-state index contributed by atoms with van der Waals surface area (Å²) >= 11 is 7.38. The van der Waals surface area contributed by atoms with Crippen LogP contribution in [-0.4, -0.2) is 23.3 Å². The number of nitriles is 1. The SMILES string of the molecule is CCCc1ccc(C#N)c(SC(C)C(=O)Nc2cc(C)c(Cl)cc2OC)n1. The van der Waals surface area contributed by atoms with Gasteiger partial charge in [-0.2, -0.15) is 5.26 Å². The standard InChI is InChI=1S/C20H22ClN3O2S/c1-5-6-15-8-7-14(11-22)20(23-15)27-13(3)19(25)24-17-9-12(2)16(21)10-18(17)26-4/h7-10,13H,5-6H2,1-4H3,(H,24,25). The average molecular weight is 404 g/mol. The molecule has 2 aromatic rings. The Balaban J connectivity index is 2.18. The van der Waals surface area contributed by atoms with E-state index in [9.17, 15) is 10.1 Å². The highest BCUT2D eigenvalue weighted by atomic mass is 35.5. The fourth-order valence-electron chi connectivity index (χ4n) is 2.43. The molecule has 1 heterocycles. The first-order valence-corrected chi connectivity index (χ1v) is 9.87. The molecule has 1 N–H and O–H groups in total. The maximum Gasteiger partial charge on any atom is 0.237 e. The molecule has 142 valence electrons. The molecule has 2 rings (SSSR count). The van der Waals surface area contributed by atoms with E-state index in [1.807, 2.05) is 13.0 Å². The minimum absolute atomic E-state index is 0.202. The van der Waals surface area contributed by atoms with E-state index in [0.717, 1.165) is 24.1 Å². The Hall–Kier alpha value is -2.23. The molecule has 0 radical (unpaired) electrons. The number of halogens is 1. The van der Waals surface area contributed by atoms with Crippen molar-refractivity contribution in [3.8, 4) is 11.8 Å².